The van der Waals surface area contributed by atoms with Gasteiger partial charge < -0.3 is 5.73 Å². The third kappa shape index (κ3) is 1.82. The molecule has 0 fully saturated rings. The van der Waals surface area contributed by atoms with Gasteiger partial charge in [0.15, 0.2) is 5.82 Å². The molecule has 18 heavy (non-hydrogen) atoms. The highest BCUT2D eigenvalue weighted by molar-refractivity contribution is 5.59. The standard InChI is InChI=1S/C14H18N4/c1-9-5-3-4-6-12(9)13-16-14-10(2)7-11(15)8-18(14)17-13/h3-6,10-11H,7-8,15H2,1-2H3. The van der Waals surface area contributed by atoms with Gasteiger partial charge >= 0.3 is 0 Å². The average Bonchev–Trinajstić information content (AvgIpc) is 2.73. The Morgan fingerprint density at radius 3 is 2.89 bits per heavy atom. The second-order valence-corrected chi connectivity index (χ2v) is 5.19. The summed E-state index contributed by atoms with van der Waals surface area (Å²) in [4.78, 5) is 4.69. The lowest BCUT2D eigenvalue weighted by atomic mass is 9.98. The van der Waals surface area contributed by atoms with E-state index in [0.717, 1.165) is 30.2 Å². The number of fused-ring (bicyclic) bond motifs is 1. The molecule has 4 nitrogen and oxygen atoms in total. The van der Waals surface area contributed by atoms with Crippen molar-refractivity contribution in [3.63, 3.8) is 0 Å². The second kappa shape index (κ2) is 4.21. The largest absolute Gasteiger partial charge is 0.326 e. The fraction of sp³-hybridized carbons (Fsp3) is 0.429. The maximum atomic E-state index is 6.03. The van der Waals surface area contributed by atoms with Crippen LogP contribution < -0.4 is 5.73 Å². The normalized spacial score (nSPS) is 22.8. The van der Waals surface area contributed by atoms with E-state index in [2.05, 4.69) is 31.1 Å². The van der Waals surface area contributed by atoms with Crippen LogP contribution >= 0.6 is 0 Å². The van der Waals surface area contributed by atoms with Crippen LogP contribution in [0.1, 0.15) is 30.7 Å². The van der Waals surface area contributed by atoms with Gasteiger partial charge in [-0.3, -0.25) is 0 Å². The minimum atomic E-state index is 0.193. The summed E-state index contributed by atoms with van der Waals surface area (Å²) in [6, 6.07) is 8.41. The summed E-state index contributed by atoms with van der Waals surface area (Å²) >= 11 is 0. The Bertz CT molecular complexity index is 573. The maximum absolute atomic E-state index is 6.03. The molecule has 2 heterocycles. The van der Waals surface area contributed by atoms with Crippen LogP contribution in [0.2, 0.25) is 0 Å². The van der Waals surface area contributed by atoms with Crippen molar-refractivity contribution >= 4 is 0 Å². The van der Waals surface area contributed by atoms with E-state index in [0.29, 0.717) is 5.92 Å². The Morgan fingerprint density at radius 1 is 1.33 bits per heavy atom. The molecule has 0 amide bonds. The van der Waals surface area contributed by atoms with Crippen LogP contribution in [0.5, 0.6) is 0 Å². The van der Waals surface area contributed by atoms with Crippen molar-refractivity contribution in [3.05, 3.63) is 35.7 Å². The first-order valence-electron chi connectivity index (χ1n) is 6.41. The lowest BCUT2D eigenvalue weighted by molar-refractivity contribution is 0.382. The van der Waals surface area contributed by atoms with E-state index in [-0.39, 0.29) is 6.04 Å². The molecule has 1 aromatic heterocycles. The first kappa shape index (κ1) is 11.4. The topological polar surface area (TPSA) is 56.7 Å². The number of rotatable bonds is 1. The Kier molecular flexibility index (Phi) is 2.67. The molecule has 0 saturated carbocycles. The van der Waals surface area contributed by atoms with E-state index < -0.39 is 0 Å². The fourth-order valence-electron chi connectivity index (χ4n) is 2.65. The fourth-order valence-corrected chi connectivity index (χ4v) is 2.65. The zero-order valence-electron chi connectivity index (χ0n) is 10.8. The monoisotopic (exact) mass is 242 g/mol. The summed E-state index contributed by atoms with van der Waals surface area (Å²) in [5.74, 6) is 2.28. The van der Waals surface area contributed by atoms with E-state index in [1.807, 2.05) is 16.8 Å². The molecule has 0 spiro atoms. The van der Waals surface area contributed by atoms with E-state index in [1.165, 1.54) is 5.56 Å². The first-order chi connectivity index (χ1) is 8.65. The third-order valence-electron chi connectivity index (χ3n) is 3.59. The Hall–Kier alpha value is -1.68. The minimum Gasteiger partial charge on any atom is -0.326 e. The Labute approximate surface area is 107 Å². The number of benzene rings is 1. The van der Waals surface area contributed by atoms with Gasteiger partial charge in [-0.05, 0) is 18.9 Å². The highest BCUT2D eigenvalue weighted by Gasteiger charge is 2.25. The van der Waals surface area contributed by atoms with Crippen LogP contribution in [0.3, 0.4) is 0 Å². The molecular formula is C14H18N4. The van der Waals surface area contributed by atoms with Crippen LogP contribution in [-0.4, -0.2) is 20.8 Å². The number of hydrogen-bond acceptors (Lipinski definition) is 3. The van der Waals surface area contributed by atoms with Crippen LogP contribution in [0, 0.1) is 6.92 Å². The summed E-state index contributed by atoms with van der Waals surface area (Å²) in [6.07, 6.45) is 0.992. The molecule has 0 saturated heterocycles. The van der Waals surface area contributed by atoms with Crippen molar-refractivity contribution in [2.75, 3.05) is 0 Å². The number of hydrogen-bond donors (Lipinski definition) is 1. The van der Waals surface area contributed by atoms with Crippen LogP contribution in [0.25, 0.3) is 11.4 Å². The smallest absolute Gasteiger partial charge is 0.181 e. The van der Waals surface area contributed by atoms with Crippen LogP contribution in [-0.2, 0) is 6.54 Å². The quantitative estimate of drug-likeness (QED) is 0.833. The second-order valence-electron chi connectivity index (χ2n) is 5.19. The van der Waals surface area contributed by atoms with Crippen molar-refractivity contribution in [2.45, 2.75) is 38.8 Å². The first-order valence-corrected chi connectivity index (χ1v) is 6.41. The summed E-state index contributed by atoms with van der Waals surface area (Å²) in [5.41, 5.74) is 8.35. The highest BCUT2D eigenvalue weighted by atomic mass is 15.4. The summed E-state index contributed by atoms with van der Waals surface area (Å²) in [6.45, 7) is 5.03. The van der Waals surface area contributed by atoms with Crippen molar-refractivity contribution in [2.24, 2.45) is 5.73 Å². The maximum Gasteiger partial charge on any atom is 0.181 e. The molecule has 0 radical (unpaired) electrons. The van der Waals surface area contributed by atoms with Gasteiger partial charge in [-0.25, -0.2) is 9.67 Å². The Balaban J connectivity index is 2.06. The van der Waals surface area contributed by atoms with Crippen molar-refractivity contribution in [1.82, 2.24) is 14.8 Å². The summed E-state index contributed by atoms with van der Waals surface area (Å²) in [7, 11) is 0. The summed E-state index contributed by atoms with van der Waals surface area (Å²) in [5, 5.41) is 4.61. The molecule has 2 unspecified atom stereocenters. The van der Waals surface area contributed by atoms with E-state index in [1.54, 1.807) is 0 Å². The van der Waals surface area contributed by atoms with E-state index in [9.17, 15) is 0 Å². The predicted octanol–water partition coefficient (Wildman–Crippen LogP) is 2.09. The molecule has 1 aliphatic heterocycles. The number of nitrogens with zero attached hydrogens (tertiary/aromatic N) is 3. The van der Waals surface area contributed by atoms with Gasteiger partial charge in [0.2, 0.25) is 0 Å². The average molecular weight is 242 g/mol. The molecule has 1 aromatic carbocycles. The molecule has 2 atom stereocenters. The van der Waals surface area contributed by atoms with Gasteiger partial charge in [-0.2, -0.15) is 5.10 Å². The molecule has 0 bridgehead atoms. The molecule has 1 aliphatic rings. The lowest BCUT2D eigenvalue weighted by Gasteiger charge is -2.23. The van der Waals surface area contributed by atoms with Gasteiger partial charge in [-0.1, -0.05) is 31.2 Å². The molecule has 2 aromatic rings. The van der Waals surface area contributed by atoms with Gasteiger partial charge in [0, 0.05) is 17.5 Å². The molecule has 0 aliphatic carbocycles. The summed E-state index contributed by atoms with van der Waals surface area (Å²) < 4.78 is 1.97. The third-order valence-corrected chi connectivity index (χ3v) is 3.59. The van der Waals surface area contributed by atoms with Gasteiger partial charge in [0.05, 0.1) is 6.54 Å². The number of nitrogens with two attached hydrogens (primary N) is 1. The van der Waals surface area contributed by atoms with Crippen molar-refractivity contribution in [1.29, 1.82) is 0 Å². The molecule has 94 valence electrons. The number of aromatic nitrogens is 3. The number of aryl methyl sites for hydroxylation is 1. The van der Waals surface area contributed by atoms with Gasteiger partial charge in [-0.15, -0.1) is 0 Å². The van der Waals surface area contributed by atoms with E-state index in [4.69, 9.17) is 10.7 Å². The zero-order chi connectivity index (χ0) is 12.7. The van der Waals surface area contributed by atoms with Crippen LogP contribution in [0.4, 0.5) is 0 Å². The van der Waals surface area contributed by atoms with Crippen molar-refractivity contribution in [3.8, 4) is 11.4 Å². The SMILES string of the molecule is Cc1ccccc1-c1nc2n(n1)CC(N)CC2C. The van der Waals surface area contributed by atoms with E-state index >= 15 is 0 Å². The van der Waals surface area contributed by atoms with Gasteiger partial charge in [0.1, 0.15) is 5.82 Å². The van der Waals surface area contributed by atoms with Gasteiger partial charge in [0.25, 0.3) is 0 Å². The van der Waals surface area contributed by atoms with Crippen LogP contribution in [0.15, 0.2) is 24.3 Å². The lowest BCUT2D eigenvalue weighted by Crippen LogP contribution is -2.34. The van der Waals surface area contributed by atoms with Crippen molar-refractivity contribution < 1.29 is 0 Å². The molecule has 3 rings (SSSR count). The molecular weight excluding hydrogens is 224 g/mol. The highest BCUT2D eigenvalue weighted by Crippen LogP contribution is 2.27. The minimum absolute atomic E-state index is 0.193. The zero-order valence-corrected chi connectivity index (χ0v) is 10.8. The molecule has 2 N–H and O–H groups in total. The molecule has 4 heteroatoms. The predicted molar refractivity (Wildman–Crippen MR) is 71.2 cm³/mol. The Morgan fingerprint density at radius 2 is 2.11 bits per heavy atom.